The van der Waals surface area contributed by atoms with Crippen molar-refractivity contribution >= 4 is 28.2 Å². The van der Waals surface area contributed by atoms with Crippen LogP contribution in [-0.2, 0) is 11.3 Å². The monoisotopic (exact) mass is 638 g/mol. The number of methoxy groups -OCH3 is 1. The molecule has 0 spiro atoms. The molecular weight excluding hydrogens is 592 g/mol. The number of likely N-dealkylation sites (tertiary alicyclic amines) is 2. The minimum atomic E-state index is -0.311. The van der Waals surface area contributed by atoms with Crippen LogP contribution in [0.5, 0.6) is 5.75 Å². The van der Waals surface area contributed by atoms with Crippen LogP contribution in [0.25, 0.3) is 27.8 Å². The second-order valence-corrected chi connectivity index (χ2v) is 14.5. The van der Waals surface area contributed by atoms with E-state index < -0.39 is 0 Å². The summed E-state index contributed by atoms with van der Waals surface area (Å²) in [6.07, 6.45) is 8.94. The van der Waals surface area contributed by atoms with Crippen LogP contribution in [0.1, 0.15) is 78.8 Å². The first-order valence-corrected chi connectivity index (χ1v) is 17.5. The third kappa shape index (κ3) is 5.49. The lowest BCUT2D eigenvalue weighted by atomic mass is 9.80. The highest BCUT2D eigenvalue weighted by atomic mass is 16.5. The number of hydrogen-bond donors (Lipinski definition) is 2. The van der Waals surface area contributed by atoms with Gasteiger partial charge in [-0.1, -0.05) is 18.2 Å². The molecule has 2 saturated carbocycles. The predicted molar refractivity (Wildman–Crippen MR) is 181 cm³/mol. The first-order valence-electron chi connectivity index (χ1n) is 17.5. The van der Waals surface area contributed by atoms with Crippen molar-refractivity contribution in [1.29, 1.82) is 0 Å². The highest BCUT2D eigenvalue weighted by Crippen LogP contribution is 2.42. The van der Waals surface area contributed by atoms with E-state index in [0.29, 0.717) is 49.1 Å². The molecule has 0 bridgehead atoms. The number of pyridine rings is 1. The average Bonchev–Trinajstić information content (AvgIpc) is 3.74. The SMILES string of the molecule is COc1cc(C(=O)N2CCC[C@@H](N)C2)cn2nc(-c3cc4cccc(C5CCN(C(=O)C6CC(O)C6)CC5)c4n3CC3CC3)c(C)c12. The zero-order chi connectivity index (χ0) is 32.4. The summed E-state index contributed by atoms with van der Waals surface area (Å²) in [4.78, 5) is 30.4. The average molecular weight is 639 g/mol. The number of rotatable bonds is 7. The molecule has 47 heavy (non-hydrogen) atoms. The fourth-order valence-electron chi connectivity index (χ4n) is 8.27. The number of fused-ring (bicyclic) bond motifs is 2. The van der Waals surface area contributed by atoms with Crippen molar-refractivity contribution in [2.45, 2.75) is 82.9 Å². The van der Waals surface area contributed by atoms with Gasteiger partial charge in [-0.15, -0.1) is 0 Å². The highest BCUT2D eigenvalue weighted by molar-refractivity contribution is 5.96. The van der Waals surface area contributed by atoms with Crippen molar-refractivity contribution in [3.8, 4) is 17.1 Å². The van der Waals surface area contributed by atoms with E-state index in [2.05, 4.69) is 35.8 Å². The Morgan fingerprint density at radius 2 is 1.81 bits per heavy atom. The van der Waals surface area contributed by atoms with E-state index in [9.17, 15) is 14.7 Å². The van der Waals surface area contributed by atoms with Gasteiger partial charge in [0.05, 0.1) is 30.0 Å². The molecule has 3 N–H and O–H groups in total. The van der Waals surface area contributed by atoms with Crippen LogP contribution in [-0.4, -0.2) is 86.3 Å². The number of carbonyl (C=O) groups excluding carboxylic acids is 2. The van der Waals surface area contributed by atoms with Crippen LogP contribution in [0.3, 0.4) is 0 Å². The lowest BCUT2D eigenvalue weighted by molar-refractivity contribution is -0.143. The molecule has 0 unspecified atom stereocenters. The van der Waals surface area contributed by atoms with Crippen molar-refractivity contribution in [3.05, 3.63) is 53.2 Å². The summed E-state index contributed by atoms with van der Waals surface area (Å²) in [5.41, 5.74) is 13.3. The smallest absolute Gasteiger partial charge is 0.255 e. The van der Waals surface area contributed by atoms with E-state index in [1.54, 1.807) is 7.11 Å². The Kier molecular flexibility index (Phi) is 7.75. The molecule has 8 rings (SSSR count). The maximum Gasteiger partial charge on any atom is 0.255 e. The van der Waals surface area contributed by atoms with Crippen molar-refractivity contribution in [2.75, 3.05) is 33.3 Å². The van der Waals surface area contributed by atoms with Crippen LogP contribution in [0.15, 0.2) is 36.5 Å². The zero-order valence-corrected chi connectivity index (χ0v) is 27.5. The summed E-state index contributed by atoms with van der Waals surface area (Å²) in [5, 5.41) is 16.1. The van der Waals surface area contributed by atoms with Crippen LogP contribution in [0.2, 0.25) is 0 Å². The predicted octanol–water partition coefficient (Wildman–Crippen LogP) is 4.72. The number of nitrogens with zero attached hydrogens (tertiary/aromatic N) is 5. The molecule has 4 aromatic rings. The topological polar surface area (TPSA) is 118 Å². The van der Waals surface area contributed by atoms with Crippen molar-refractivity contribution in [1.82, 2.24) is 24.0 Å². The molecular formula is C37H46N6O4. The summed E-state index contributed by atoms with van der Waals surface area (Å²) >= 11 is 0. The maximum atomic E-state index is 13.6. The van der Waals surface area contributed by atoms with Gasteiger partial charge in [0.15, 0.2) is 0 Å². The second kappa shape index (κ2) is 12.0. The van der Waals surface area contributed by atoms with Gasteiger partial charge in [0.2, 0.25) is 5.91 Å². The van der Waals surface area contributed by atoms with E-state index in [1.807, 2.05) is 26.6 Å². The normalized spacial score (nSPS) is 23.8. The number of nitrogens with two attached hydrogens (primary N) is 1. The Morgan fingerprint density at radius 3 is 2.51 bits per heavy atom. The molecule has 2 aliphatic heterocycles. The number of benzene rings is 1. The zero-order valence-electron chi connectivity index (χ0n) is 27.5. The van der Waals surface area contributed by atoms with Gasteiger partial charge in [0, 0.05) is 61.8 Å². The van der Waals surface area contributed by atoms with Gasteiger partial charge in [-0.3, -0.25) is 9.59 Å². The number of aliphatic hydroxyl groups excluding tert-OH is 1. The van der Waals surface area contributed by atoms with Gasteiger partial charge in [-0.05, 0) is 87.8 Å². The van der Waals surface area contributed by atoms with Gasteiger partial charge in [0.1, 0.15) is 17.0 Å². The molecule has 10 heteroatoms. The molecule has 2 aliphatic carbocycles. The van der Waals surface area contributed by atoms with E-state index >= 15 is 0 Å². The van der Waals surface area contributed by atoms with E-state index in [4.69, 9.17) is 15.6 Å². The fourth-order valence-corrected chi connectivity index (χ4v) is 8.27. The number of carbonyl (C=O) groups is 2. The van der Waals surface area contributed by atoms with Gasteiger partial charge in [-0.25, -0.2) is 4.52 Å². The quantitative estimate of drug-likeness (QED) is 0.303. The minimum Gasteiger partial charge on any atom is -0.494 e. The largest absolute Gasteiger partial charge is 0.494 e. The van der Waals surface area contributed by atoms with Crippen LogP contribution in [0, 0.1) is 18.8 Å². The lowest BCUT2D eigenvalue weighted by Crippen LogP contribution is -2.46. The second-order valence-electron chi connectivity index (χ2n) is 14.5. The Balaban J connectivity index is 1.15. The molecule has 1 aromatic carbocycles. The Hall–Kier alpha value is -3.89. The fraction of sp³-hybridized carbons (Fsp3) is 0.541. The van der Waals surface area contributed by atoms with Gasteiger partial charge in [0.25, 0.3) is 5.91 Å². The number of amides is 2. The molecule has 2 amide bonds. The van der Waals surface area contributed by atoms with Gasteiger partial charge >= 0.3 is 0 Å². The number of hydrogen-bond acceptors (Lipinski definition) is 6. The number of aryl methyl sites for hydroxylation is 1. The Labute approximate surface area is 275 Å². The Bertz CT molecular complexity index is 1840. The summed E-state index contributed by atoms with van der Waals surface area (Å²) in [6, 6.07) is 10.8. The third-order valence-corrected chi connectivity index (χ3v) is 11.2. The van der Waals surface area contributed by atoms with Crippen molar-refractivity contribution in [2.24, 2.45) is 17.6 Å². The molecule has 3 aromatic heterocycles. The first kappa shape index (κ1) is 30.4. The van der Waals surface area contributed by atoms with Crippen LogP contribution in [0.4, 0.5) is 0 Å². The molecule has 0 radical (unpaired) electrons. The van der Waals surface area contributed by atoms with Crippen LogP contribution >= 0.6 is 0 Å². The number of aliphatic hydroxyl groups is 1. The standard InChI is InChI=1S/C37H46N6O4/c1-22-33(39-43-20-27(18-32(47-2)34(22)43)37(46)41-12-4-6-28(38)21-41)31-17-25-5-3-7-30(35(25)42(31)19-23-8-9-23)24-10-13-40(14-11-24)36(45)26-15-29(44)16-26/h3,5,7,17-18,20,23-24,26,28-29,44H,4,6,8-16,19,21,38H2,1-2H3/t26?,28-,29?/m1/s1. The van der Waals surface area contributed by atoms with Gasteiger partial charge < -0.3 is 29.9 Å². The van der Waals surface area contributed by atoms with Gasteiger partial charge in [-0.2, -0.15) is 5.10 Å². The molecule has 4 fully saturated rings. The summed E-state index contributed by atoms with van der Waals surface area (Å²) in [7, 11) is 1.65. The van der Waals surface area contributed by atoms with E-state index in [1.165, 1.54) is 29.3 Å². The molecule has 4 aliphatic rings. The number of ether oxygens (including phenoxy) is 1. The lowest BCUT2D eigenvalue weighted by Gasteiger charge is -2.38. The molecule has 2 saturated heterocycles. The Morgan fingerprint density at radius 1 is 1.02 bits per heavy atom. The van der Waals surface area contributed by atoms with E-state index in [-0.39, 0.29) is 29.9 Å². The molecule has 10 nitrogen and oxygen atoms in total. The highest BCUT2D eigenvalue weighted by Gasteiger charge is 2.37. The summed E-state index contributed by atoms with van der Waals surface area (Å²) in [6.45, 7) is 5.84. The molecule has 5 heterocycles. The minimum absolute atomic E-state index is 0.00660. The summed E-state index contributed by atoms with van der Waals surface area (Å²) < 4.78 is 10.2. The maximum absolute atomic E-state index is 13.6. The third-order valence-electron chi connectivity index (χ3n) is 11.2. The van der Waals surface area contributed by atoms with Crippen LogP contribution < -0.4 is 10.5 Å². The first-order chi connectivity index (χ1) is 22.8. The number of para-hydroxylation sites is 1. The van der Waals surface area contributed by atoms with E-state index in [0.717, 1.165) is 67.8 Å². The summed E-state index contributed by atoms with van der Waals surface area (Å²) in [5.74, 6) is 1.83. The number of aromatic nitrogens is 3. The number of piperidine rings is 2. The van der Waals surface area contributed by atoms with Crippen molar-refractivity contribution < 1.29 is 19.4 Å². The molecule has 248 valence electrons. The molecule has 1 atom stereocenters. The van der Waals surface area contributed by atoms with Crippen molar-refractivity contribution in [3.63, 3.8) is 0 Å².